The van der Waals surface area contributed by atoms with Crippen LogP contribution in [-0.2, 0) is 18.3 Å². The molecule has 0 unspecified atom stereocenters. The number of nitrogens with zero attached hydrogens (tertiary/aromatic N) is 2. The molecule has 2 aromatic rings. The first-order chi connectivity index (χ1) is 8.54. The summed E-state index contributed by atoms with van der Waals surface area (Å²) < 4.78 is 1.94. The van der Waals surface area contributed by atoms with Crippen LogP contribution < -0.4 is 5.32 Å². The molecule has 0 saturated heterocycles. The van der Waals surface area contributed by atoms with Gasteiger partial charge in [0.1, 0.15) is 5.82 Å². The fourth-order valence-electron chi connectivity index (χ4n) is 1.94. The summed E-state index contributed by atoms with van der Waals surface area (Å²) in [6.07, 6.45) is 2.29. The summed E-state index contributed by atoms with van der Waals surface area (Å²) in [5.41, 5.74) is 2.98. The third-order valence-corrected chi connectivity index (χ3v) is 2.76. The summed E-state index contributed by atoms with van der Waals surface area (Å²) in [5.74, 6) is 0.570. The summed E-state index contributed by atoms with van der Waals surface area (Å²) in [4.78, 5) is 16.2. The van der Waals surface area contributed by atoms with Crippen LogP contribution in [0.25, 0.3) is 0 Å². The van der Waals surface area contributed by atoms with Crippen molar-refractivity contribution in [3.63, 3.8) is 0 Å². The minimum Gasteiger partial charge on any atom is -0.354 e. The van der Waals surface area contributed by atoms with Gasteiger partial charge in [0.2, 0.25) is 5.91 Å². The normalized spacial score (nSPS) is 10.4. The maximum Gasteiger partial charge on any atom is 0.231 e. The molecular formula is C14H17N3O. The van der Waals surface area contributed by atoms with E-state index in [2.05, 4.69) is 10.3 Å². The number of nitrogens with one attached hydrogen (secondary N) is 1. The Bertz CT molecular complexity index is 552. The van der Waals surface area contributed by atoms with E-state index in [1.54, 1.807) is 0 Å². The molecule has 0 aromatic carbocycles. The molecule has 2 heterocycles. The number of aryl methyl sites for hydroxylation is 3. The number of pyridine rings is 1. The third kappa shape index (κ3) is 2.97. The van der Waals surface area contributed by atoms with E-state index < -0.39 is 0 Å². The van der Waals surface area contributed by atoms with Crippen LogP contribution in [0.5, 0.6) is 0 Å². The van der Waals surface area contributed by atoms with Crippen LogP contribution in [0.2, 0.25) is 0 Å². The van der Waals surface area contributed by atoms with Crippen LogP contribution in [0, 0.1) is 13.8 Å². The van der Waals surface area contributed by atoms with Gasteiger partial charge in [-0.05, 0) is 43.7 Å². The lowest BCUT2D eigenvalue weighted by Crippen LogP contribution is -2.17. The highest BCUT2D eigenvalue weighted by atomic mass is 16.1. The Balaban J connectivity index is 2.05. The van der Waals surface area contributed by atoms with Gasteiger partial charge in [0.25, 0.3) is 0 Å². The molecule has 4 heteroatoms. The standard InChI is InChI=1S/C14H17N3O/c1-10-7-11(2)15-13(8-10)16-14(18)9-12-5-4-6-17(12)3/h4-8H,9H2,1-3H3,(H,15,16,18). The summed E-state index contributed by atoms with van der Waals surface area (Å²) in [6.45, 7) is 3.90. The zero-order valence-electron chi connectivity index (χ0n) is 10.9. The van der Waals surface area contributed by atoms with Crippen molar-refractivity contribution in [2.45, 2.75) is 20.3 Å². The number of hydrogen-bond donors (Lipinski definition) is 1. The van der Waals surface area contributed by atoms with Crippen LogP contribution in [-0.4, -0.2) is 15.5 Å². The second kappa shape index (κ2) is 5.04. The molecule has 1 amide bonds. The van der Waals surface area contributed by atoms with Gasteiger partial charge in [-0.1, -0.05) is 0 Å². The number of carbonyl (C=O) groups is 1. The number of aromatic nitrogens is 2. The predicted molar refractivity (Wildman–Crippen MR) is 71.5 cm³/mol. The molecular weight excluding hydrogens is 226 g/mol. The quantitative estimate of drug-likeness (QED) is 0.898. The Morgan fingerprint density at radius 1 is 1.39 bits per heavy atom. The van der Waals surface area contributed by atoms with Gasteiger partial charge < -0.3 is 9.88 Å². The predicted octanol–water partition coefficient (Wildman–Crippen LogP) is 2.22. The molecule has 2 rings (SSSR count). The number of hydrogen-bond acceptors (Lipinski definition) is 2. The molecule has 4 nitrogen and oxygen atoms in total. The lowest BCUT2D eigenvalue weighted by atomic mass is 10.2. The topological polar surface area (TPSA) is 46.9 Å². The third-order valence-electron chi connectivity index (χ3n) is 2.76. The van der Waals surface area contributed by atoms with Crippen molar-refractivity contribution in [2.24, 2.45) is 7.05 Å². The van der Waals surface area contributed by atoms with Gasteiger partial charge in [-0.15, -0.1) is 0 Å². The number of amides is 1. The van der Waals surface area contributed by atoms with E-state index in [9.17, 15) is 4.79 Å². The molecule has 2 aromatic heterocycles. The maximum absolute atomic E-state index is 11.9. The van der Waals surface area contributed by atoms with Crippen LogP contribution in [0.3, 0.4) is 0 Å². The van der Waals surface area contributed by atoms with Crippen LogP contribution in [0.4, 0.5) is 5.82 Å². The number of carbonyl (C=O) groups excluding carboxylic acids is 1. The lowest BCUT2D eigenvalue weighted by Gasteiger charge is -2.07. The van der Waals surface area contributed by atoms with Crippen molar-refractivity contribution >= 4 is 11.7 Å². The van der Waals surface area contributed by atoms with Crippen LogP contribution >= 0.6 is 0 Å². The van der Waals surface area contributed by atoms with Crippen LogP contribution in [0.1, 0.15) is 17.0 Å². The zero-order chi connectivity index (χ0) is 13.1. The average molecular weight is 243 g/mol. The summed E-state index contributed by atoms with van der Waals surface area (Å²) >= 11 is 0. The minimum absolute atomic E-state index is 0.0469. The molecule has 0 radical (unpaired) electrons. The monoisotopic (exact) mass is 243 g/mol. The van der Waals surface area contributed by atoms with Crippen LogP contribution in [0.15, 0.2) is 30.5 Å². The molecule has 0 bridgehead atoms. The SMILES string of the molecule is Cc1cc(C)nc(NC(=O)Cc2cccn2C)c1. The highest BCUT2D eigenvalue weighted by Gasteiger charge is 2.07. The van der Waals surface area contributed by atoms with Gasteiger partial charge in [0.15, 0.2) is 0 Å². The highest BCUT2D eigenvalue weighted by Crippen LogP contribution is 2.10. The molecule has 0 aliphatic heterocycles. The molecule has 94 valence electrons. The maximum atomic E-state index is 11.9. The molecule has 0 atom stereocenters. The first kappa shape index (κ1) is 12.4. The zero-order valence-corrected chi connectivity index (χ0v) is 10.9. The smallest absolute Gasteiger partial charge is 0.231 e. The van der Waals surface area contributed by atoms with E-state index in [4.69, 9.17) is 0 Å². The fourth-order valence-corrected chi connectivity index (χ4v) is 1.94. The Kier molecular flexibility index (Phi) is 3.46. The van der Waals surface area contributed by atoms with E-state index in [-0.39, 0.29) is 5.91 Å². The van der Waals surface area contributed by atoms with E-state index in [1.807, 2.05) is 55.9 Å². The second-order valence-electron chi connectivity index (χ2n) is 4.51. The summed E-state index contributed by atoms with van der Waals surface area (Å²) in [6, 6.07) is 7.72. The Morgan fingerprint density at radius 2 is 2.17 bits per heavy atom. The number of rotatable bonds is 3. The largest absolute Gasteiger partial charge is 0.354 e. The first-order valence-electron chi connectivity index (χ1n) is 5.90. The number of anilines is 1. The average Bonchev–Trinajstić information content (AvgIpc) is 2.62. The van der Waals surface area contributed by atoms with Gasteiger partial charge in [0, 0.05) is 24.6 Å². The fraction of sp³-hybridized carbons (Fsp3) is 0.286. The minimum atomic E-state index is -0.0469. The Labute approximate surface area is 107 Å². The van der Waals surface area contributed by atoms with E-state index >= 15 is 0 Å². The van der Waals surface area contributed by atoms with Crippen molar-refractivity contribution in [3.05, 3.63) is 47.4 Å². The molecule has 0 aliphatic rings. The van der Waals surface area contributed by atoms with Crippen molar-refractivity contribution in [3.8, 4) is 0 Å². The lowest BCUT2D eigenvalue weighted by molar-refractivity contribution is -0.115. The van der Waals surface area contributed by atoms with Crippen molar-refractivity contribution in [1.82, 2.24) is 9.55 Å². The summed E-state index contributed by atoms with van der Waals surface area (Å²) in [7, 11) is 1.93. The molecule has 0 spiro atoms. The highest BCUT2D eigenvalue weighted by molar-refractivity contribution is 5.91. The Morgan fingerprint density at radius 3 is 2.78 bits per heavy atom. The summed E-state index contributed by atoms with van der Waals surface area (Å²) in [5, 5.41) is 2.83. The van der Waals surface area contributed by atoms with Crippen molar-refractivity contribution < 1.29 is 4.79 Å². The van der Waals surface area contributed by atoms with Gasteiger partial charge in [-0.3, -0.25) is 4.79 Å². The molecule has 1 N–H and O–H groups in total. The van der Waals surface area contributed by atoms with E-state index in [0.29, 0.717) is 12.2 Å². The van der Waals surface area contributed by atoms with Gasteiger partial charge in [-0.25, -0.2) is 4.98 Å². The molecule has 0 fully saturated rings. The molecule has 0 saturated carbocycles. The Hall–Kier alpha value is -2.10. The van der Waals surface area contributed by atoms with Crippen molar-refractivity contribution in [2.75, 3.05) is 5.32 Å². The van der Waals surface area contributed by atoms with Gasteiger partial charge in [-0.2, -0.15) is 0 Å². The van der Waals surface area contributed by atoms with Gasteiger partial charge in [0.05, 0.1) is 6.42 Å². The molecule has 18 heavy (non-hydrogen) atoms. The van der Waals surface area contributed by atoms with E-state index in [0.717, 1.165) is 17.0 Å². The second-order valence-corrected chi connectivity index (χ2v) is 4.51. The van der Waals surface area contributed by atoms with Gasteiger partial charge >= 0.3 is 0 Å². The molecule has 0 aliphatic carbocycles. The van der Waals surface area contributed by atoms with Crippen molar-refractivity contribution in [1.29, 1.82) is 0 Å². The first-order valence-corrected chi connectivity index (χ1v) is 5.90. The van der Waals surface area contributed by atoms with E-state index in [1.165, 1.54) is 0 Å².